The Morgan fingerprint density at radius 2 is 0.720 bits per heavy atom. The van der Waals surface area contributed by atoms with Crippen molar-refractivity contribution in [3.63, 3.8) is 0 Å². The Hall–Kier alpha value is -2.42. The summed E-state index contributed by atoms with van der Waals surface area (Å²) in [5.74, 6) is 1.93. The molecule has 0 unspecified atom stereocenters. The summed E-state index contributed by atoms with van der Waals surface area (Å²) in [7, 11) is 0. The summed E-state index contributed by atoms with van der Waals surface area (Å²) in [6, 6.07) is 24.3. The van der Waals surface area contributed by atoms with Crippen LogP contribution in [-0.2, 0) is 12.8 Å². The summed E-state index contributed by atoms with van der Waals surface area (Å²) >= 11 is 4.02. The van der Waals surface area contributed by atoms with Gasteiger partial charge in [0, 0.05) is 51.1 Å². The molecule has 2 heterocycles. The highest BCUT2D eigenvalue weighted by molar-refractivity contribution is 7.28. The van der Waals surface area contributed by atoms with Crippen molar-refractivity contribution in [2.45, 2.75) is 156 Å². The monoisotopic (exact) mass is 704 g/mol. The molecular weight excluding hydrogens is 641 g/mol. The molecule has 0 saturated carbocycles. The molecule has 0 fully saturated rings. The Labute approximate surface area is 312 Å². The Bertz CT molecular complexity index is 1780. The molecule has 50 heavy (non-hydrogen) atoms. The van der Waals surface area contributed by atoms with Gasteiger partial charge in [-0.15, -0.1) is 22.7 Å². The van der Waals surface area contributed by atoms with Crippen LogP contribution in [0.3, 0.4) is 0 Å². The average Bonchev–Trinajstić information content (AvgIpc) is 3.69. The summed E-state index contributed by atoms with van der Waals surface area (Å²) in [5.41, 5.74) is 3.02. The Balaban J connectivity index is 1.09. The van der Waals surface area contributed by atoms with E-state index in [-0.39, 0.29) is 0 Å². The van der Waals surface area contributed by atoms with Crippen molar-refractivity contribution in [1.29, 1.82) is 0 Å². The van der Waals surface area contributed by atoms with E-state index < -0.39 is 0 Å². The van der Waals surface area contributed by atoms with Crippen molar-refractivity contribution in [3.05, 3.63) is 71.8 Å². The van der Waals surface area contributed by atoms with Gasteiger partial charge in [-0.2, -0.15) is 0 Å². The maximum Gasteiger partial charge on any atom is 0.0434 e. The van der Waals surface area contributed by atoms with E-state index in [0.717, 1.165) is 11.8 Å². The normalized spacial score (nSPS) is 12.4. The van der Waals surface area contributed by atoms with Crippen LogP contribution in [0, 0.1) is 11.8 Å². The minimum absolute atomic E-state index is 0.965. The lowest BCUT2D eigenvalue weighted by Crippen LogP contribution is -1.99. The minimum atomic E-state index is 0.965. The fourth-order valence-corrected chi connectivity index (χ4v) is 11.6. The van der Waals surface area contributed by atoms with Gasteiger partial charge in [-0.1, -0.05) is 179 Å². The topological polar surface area (TPSA) is 0 Å². The van der Waals surface area contributed by atoms with E-state index in [1.807, 2.05) is 22.7 Å². The maximum atomic E-state index is 2.50. The van der Waals surface area contributed by atoms with Crippen molar-refractivity contribution < 1.29 is 0 Å². The van der Waals surface area contributed by atoms with E-state index in [0.29, 0.717) is 0 Å². The molecule has 0 spiro atoms. The molecule has 6 rings (SSSR count). The molecule has 4 aromatic carbocycles. The van der Waals surface area contributed by atoms with Gasteiger partial charge in [-0.3, -0.25) is 0 Å². The second-order valence-corrected chi connectivity index (χ2v) is 17.7. The summed E-state index contributed by atoms with van der Waals surface area (Å²) in [6.07, 6.45) is 27.4. The number of unbranched alkanes of at least 4 members (excludes halogenated alkanes) is 6. The molecule has 0 bridgehead atoms. The summed E-state index contributed by atoms with van der Waals surface area (Å²) in [4.78, 5) is 0. The van der Waals surface area contributed by atoms with Gasteiger partial charge in [0.15, 0.2) is 0 Å². The van der Waals surface area contributed by atoms with Crippen molar-refractivity contribution in [2.24, 2.45) is 11.8 Å². The van der Waals surface area contributed by atoms with Gasteiger partial charge in [-0.05, 0) is 60.8 Å². The number of aryl methyl sites for hydroxylation is 2. The van der Waals surface area contributed by atoms with Crippen molar-refractivity contribution in [2.75, 3.05) is 0 Å². The van der Waals surface area contributed by atoms with Crippen LogP contribution in [0.5, 0.6) is 0 Å². The molecule has 0 radical (unpaired) electrons. The molecule has 0 aliphatic heterocycles. The largest absolute Gasteiger partial charge is 0.135 e. The number of hydrogen-bond acceptors (Lipinski definition) is 2. The fraction of sp³-hybridized carbons (Fsp3) is 0.542. The third-order valence-corrected chi connectivity index (χ3v) is 14.0. The van der Waals surface area contributed by atoms with Gasteiger partial charge < -0.3 is 0 Å². The highest BCUT2D eigenvalue weighted by atomic mass is 32.1. The lowest BCUT2D eigenvalue weighted by atomic mass is 9.92. The van der Waals surface area contributed by atoms with Gasteiger partial charge >= 0.3 is 0 Å². The summed E-state index contributed by atoms with van der Waals surface area (Å²) in [5, 5.41) is 8.55. The van der Waals surface area contributed by atoms with E-state index in [9.17, 15) is 0 Å². The first-order valence-corrected chi connectivity index (χ1v) is 22.5. The molecular formula is C48H64S2. The molecule has 6 aromatic rings. The van der Waals surface area contributed by atoms with Gasteiger partial charge in [0.05, 0.1) is 0 Å². The van der Waals surface area contributed by atoms with E-state index in [2.05, 4.69) is 88.4 Å². The average molecular weight is 705 g/mol. The number of fused-ring (bicyclic) bond motifs is 9. The van der Waals surface area contributed by atoms with Crippen molar-refractivity contribution in [1.82, 2.24) is 0 Å². The standard InChI is InChI=1S/C48H64S2/c1-5-17-35(18-6-2)21-13-9-11-15-23-37-25-27-39-41-29-31-44-43(47(41)49-45(39)33-37)32-30-42-40-28-26-38(34-46(40)50-48(42)44)24-16-12-10-14-22-36(19-7-3)20-8-4/h25-36H,5-24H2,1-4H3. The molecule has 0 amide bonds. The highest BCUT2D eigenvalue weighted by Crippen LogP contribution is 2.44. The predicted molar refractivity (Wildman–Crippen MR) is 230 cm³/mol. The van der Waals surface area contributed by atoms with Crippen molar-refractivity contribution in [3.8, 4) is 0 Å². The SMILES string of the molecule is CCCC(CCC)CCCCCCc1ccc2c(c1)sc1c2ccc2c1ccc1c3ccc(CCCCCCC(CCC)CCC)cc3sc12. The molecule has 2 aromatic heterocycles. The van der Waals surface area contributed by atoms with Crippen LogP contribution in [0.1, 0.15) is 154 Å². The second-order valence-electron chi connectivity index (χ2n) is 15.6. The smallest absolute Gasteiger partial charge is 0.0434 e. The van der Waals surface area contributed by atoms with E-state index >= 15 is 0 Å². The molecule has 0 aliphatic rings. The van der Waals surface area contributed by atoms with Crippen LogP contribution in [-0.4, -0.2) is 0 Å². The van der Waals surface area contributed by atoms with Crippen LogP contribution in [0.25, 0.3) is 51.1 Å². The number of rotatable bonds is 22. The molecule has 0 atom stereocenters. The third kappa shape index (κ3) is 9.14. The summed E-state index contributed by atoms with van der Waals surface area (Å²) in [6.45, 7) is 9.38. The van der Waals surface area contributed by atoms with Crippen LogP contribution in [0.15, 0.2) is 60.7 Å². The quantitative estimate of drug-likeness (QED) is 0.0617. The van der Waals surface area contributed by atoms with E-state index in [4.69, 9.17) is 0 Å². The Morgan fingerprint density at radius 1 is 0.380 bits per heavy atom. The first kappa shape index (κ1) is 37.3. The first-order chi connectivity index (χ1) is 24.6. The van der Waals surface area contributed by atoms with Crippen LogP contribution >= 0.6 is 22.7 Å². The van der Waals surface area contributed by atoms with Crippen LogP contribution in [0.4, 0.5) is 0 Å². The molecule has 0 saturated heterocycles. The zero-order valence-electron chi connectivity index (χ0n) is 31.9. The van der Waals surface area contributed by atoms with Gasteiger partial charge in [0.2, 0.25) is 0 Å². The second kappa shape index (κ2) is 18.9. The molecule has 0 nitrogen and oxygen atoms in total. The van der Waals surface area contributed by atoms with E-state index in [1.54, 1.807) is 0 Å². The molecule has 0 N–H and O–H groups in total. The fourth-order valence-electron chi connectivity index (χ4n) is 9.00. The number of thiophene rings is 2. The van der Waals surface area contributed by atoms with Gasteiger partial charge in [0.25, 0.3) is 0 Å². The lowest BCUT2D eigenvalue weighted by Gasteiger charge is -2.14. The van der Waals surface area contributed by atoms with Gasteiger partial charge in [0.1, 0.15) is 0 Å². The van der Waals surface area contributed by atoms with Crippen molar-refractivity contribution >= 4 is 73.8 Å². The number of benzene rings is 4. The predicted octanol–water partition coefficient (Wildman–Crippen LogP) is 17.0. The Kier molecular flexibility index (Phi) is 14.1. The van der Waals surface area contributed by atoms with E-state index in [1.165, 1.54) is 191 Å². The highest BCUT2D eigenvalue weighted by Gasteiger charge is 2.14. The third-order valence-electron chi connectivity index (χ3n) is 11.6. The van der Waals surface area contributed by atoms with Crippen LogP contribution < -0.4 is 0 Å². The first-order valence-electron chi connectivity index (χ1n) is 20.8. The van der Waals surface area contributed by atoms with Gasteiger partial charge in [-0.25, -0.2) is 0 Å². The molecule has 2 heteroatoms. The zero-order valence-corrected chi connectivity index (χ0v) is 33.5. The molecule has 0 aliphatic carbocycles. The maximum absolute atomic E-state index is 2.50. The minimum Gasteiger partial charge on any atom is -0.135 e. The number of hydrogen-bond donors (Lipinski definition) is 0. The lowest BCUT2D eigenvalue weighted by molar-refractivity contribution is 0.391. The summed E-state index contributed by atoms with van der Waals surface area (Å²) < 4.78 is 5.82. The zero-order chi connectivity index (χ0) is 34.7. The molecule has 268 valence electrons. The van der Waals surface area contributed by atoms with Crippen LogP contribution in [0.2, 0.25) is 0 Å². The Morgan fingerprint density at radius 3 is 1.10 bits per heavy atom.